The number of amidine groups is 1. The highest BCUT2D eigenvalue weighted by Crippen LogP contribution is 2.45. The van der Waals surface area contributed by atoms with Gasteiger partial charge in [-0.1, -0.05) is 31.7 Å². The maximum Gasteiger partial charge on any atom is 0.168 e. The van der Waals surface area contributed by atoms with Crippen LogP contribution in [0, 0.1) is 12.8 Å². The molecule has 2 nitrogen and oxygen atoms in total. The Labute approximate surface area is 133 Å². The third kappa shape index (κ3) is 2.12. The number of hydrogen-bond donors (Lipinski definition) is 0. The molecule has 4 heteroatoms. The van der Waals surface area contributed by atoms with Gasteiger partial charge in [0.1, 0.15) is 0 Å². The molecule has 0 aliphatic carbocycles. The van der Waals surface area contributed by atoms with Gasteiger partial charge in [0.05, 0.1) is 12.2 Å². The Hall–Kier alpha value is -1.26. The molecular formula is C17H18N2S2. The van der Waals surface area contributed by atoms with Gasteiger partial charge in [0.25, 0.3) is 0 Å². The summed E-state index contributed by atoms with van der Waals surface area (Å²) in [5, 5.41) is 2.55. The predicted octanol–water partition coefficient (Wildman–Crippen LogP) is 4.95. The smallest absolute Gasteiger partial charge is 0.168 e. The Morgan fingerprint density at radius 1 is 1.24 bits per heavy atom. The van der Waals surface area contributed by atoms with E-state index in [0.717, 1.165) is 13.1 Å². The van der Waals surface area contributed by atoms with Crippen LogP contribution in [0.1, 0.15) is 24.3 Å². The highest BCUT2D eigenvalue weighted by Gasteiger charge is 2.33. The zero-order valence-corrected chi connectivity index (χ0v) is 14.1. The molecule has 0 radical (unpaired) electrons. The van der Waals surface area contributed by atoms with E-state index in [1.165, 1.54) is 36.3 Å². The quantitative estimate of drug-likeness (QED) is 0.779. The van der Waals surface area contributed by atoms with Gasteiger partial charge < -0.3 is 4.90 Å². The number of aliphatic imine (C=N–C) groups is 1. The van der Waals surface area contributed by atoms with E-state index >= 15 is 0 Å². The van der Waals surface area contributed by atoms with E-state index in [0.29, 0.717) is 5.92 Å². The minimum Gasteiger partial charge on any atom is -0.318 e. The first-order valence-corrected chi connectivity index (χ1v) is 9.01. The lowest BCUT2D eigenvalue weighted by Crippen LogP contribution is -2.20. The lowest BCUT2D eigenvalue weighted by atomic mass is 10.0. The summed E-state index contributed by atoms with van der Waals surface area (Å²) in [6.07, 6.45) is 0. The summed E-state index contributed by atoms with van der Waals surface area (Å²) in [4.78, 5) is 9.88. The Morgan fingerprint density at radius 3 is 2.90 bits per heavy atom. The van der Waals surface area contributed by atoms with Crippen LogP contribution in [0.5, 0.6) is 0 Å². The van der Waals surface area contributed by atoms with Gasteiger partial charge >= 0.3 is 0 Å². The van der Waals surface area contributed by atoms with Crippen molar-refractivity contribution < 1.29 is 0 Å². The van der Waals surface area contributed by atoms with Gasteiger partial charge in [0.15, 0.2) is 5.17 Å². The topological polar surface area (TPSA) is 15.6 Å². The molecule has 0 N–H and O–H groups in total. The molecule has 108 valence electrons. The van der Waals surface area contributed by atoms with Crippen molar-refractivity contribution in [3.8, 4) is 0 Å². The molecule has 0 fully saturated rings. The van der Waals surface area contributed by atoms with Crippen molar-refractivity contribution in [2.75, 3.05) is 13.1 Å². The maximum absolute atomic E-state index is 4.64. The molecule has 2 aromatic rings. The molecule has 0 saturated carbocycles. The second kappa shape index (κ2) is 4.89. The van der Waals surface area contributed by atoms with Crippen molar-refractivity contribution >= 4 is 44.0 Å². The molecule has 4 rings (SSSR count). The van der Waals surface area contributed by atoms with Gasteiger partial charge in [-0.15, -0.1) is 11.3 Å². The molecule has 0 spiro atoms. The number of thiophene rings is 1. The molecule has 0 saturated heterocycles. The predicted molar refractivity (Wildman–Crippen MR) is 94.9 cm³/mol. The fourth-order valence-electron chi connectivity index (χ4n) is 3.01. The normalized spacial score (nSPS) is 18.1. The molecule has 1 aromatic heterocycles. The van der Waals surface area contributed by atoms with E-state index in [4.69, 9.17) is 0 Å². The Kier molecular flexibility index (Phi) is 3.12. The number of benzene rings is 1. The van der Waals surface area contributed by atoms with Crippen LogP contribution in [-0.4, -0.2) is 23.2 Å². The van der Waals surface area contributed by atoms with Crippen LogP contribution in [0.15, 0.2) is 34.2 Å². The molecule has 21 heavy (non-hydrogen) atoms. The van der Waals surface area contributed by atoms with E-state index in [-0.39, 0.29) is 0 Å². The molecule has 1 aromatic carbocycles. The van der Waals surface area contributed by atoms with E-state index in [2.05, 4.69) is 54.9 Å². The summed E-state index contributed by atoms with van der Waals surface area (Å²) in [7, 11) is 0. The van der Waals surface area contributed by atoms with E-state index in [1.54, 1.807) is 0 Å². The summed E-state index contributed by atoms with van der Waals surface area (Å²) in [6, 6.07) is 9.18. The zero-order valence-electron chi connectivity index (χ0n) is 12.5. The van der Waals surface area contributed by atoms with E-state index in [1.807, 2.05) is 23.1 Å². The Morgan fingerprint density at radius 2 is 2.10 bits per heavy atom. The van der Waals surface area contributed by atoms with Gasteiger partial charge in [0, 0.05) is 21.0 Å². The van der Waals surface area contributed by atoms with Crippen molar-refractivity contribution in [2.24, 2.45) is 10.9 Å². The monoisotopic (exact) mass is 314 g/mol. The zero-order chi connectivity index (χ0) is 14.6. The molecule has 3 heterocycles. The average Bonchev–Trinajstić information content (AvgIpc) is 3.08. The number of fused-ring (bicyclic) bond motifs is 2. The first-order valence-electron chi connectivity index (χ1n) is 7.38. The van der Waals surface area contributed by atoms with Crippen LogP contribution >= 0.6 is 23.1 Å². The van der Waals surface area contributed by atoms with Crippen LogP contribution in [-0.2, 0) is 0 Å². The Balaban J connectivity index is 1.87. The number of nitrogens with zero attached hydrogens (tertiary/aromatic N) is 2. The summed E-state index contributed by atoms with van der Waals surface area (Å²) in [5.74, 6) is 0.540. The highest BCUT2D eigenvalue weighted by atomic mass is 32.2. The fourth-order valence-corrected chi connectivity index (χ4v) is 5.12. The van der Waals surface area contributed by atoms with Crippen molar-refractivity contribution in [1.82, 2.24) is 4.90 Å². The molecular weight excluding hydrogens is 296 g/mol. The van der Waals surface area contributed by atoms with E-state index < -0.39 is 0 Å². The minimum atomic E-state index is 0.540. The van der Waals surface area contributed by atoms with Crippen molar-refractivity contribution in [3.05, 3.63) is 39.6 Å². The van der Waals surface area contributed by atoms with Crippen LogP contribution in [0.3, 0.4) is 0 Å². The van der Waals surface area contributed by atoms with Crippen LogP contribution in [0.2, 0.25) is 0 Å². The van der Waals surface area contributed by atoms with Crippen LogP contribution < -0.4 is 0 Å². The van der Waals surface area contributed by atoms with Crippen molar-refractivity contribution in [1.29, 1.82) is 0 Å². The van der Waals surface area contributed by atoms with Gasteiger partial charge in [0.2, 0.25) is 0 Å². The SMILES string of the molecule is Cc1cc2cc(C3=C(C(C)C)SC4=NCCN43)ccc2s1. The molecule has 0 atom stereocenters. The van der Waals surface area contributed by atoms with Gasteiger partial charge in [-0.05, 0) is 42.0 Å². The second-order valence-electron chi connectivity index (χ2n) is 5.90. The molecule has 0 amide bonds. The van der Waals surface area contributed by atoms with Crippen molar-refractivity contribution in [3.63, 3.8) is 0 Å². The van der Waals surface area contributed by atoms with Gasteiger partial charge in [-0.2, -0.15) is 0 Å². The first kappa shape index (κ1) is 13.4. The number of rotatable bonds is 2. The lowest BCUT2D eigenvalue weighted by molar-refractivity contribution is 0.641. The molecule has 2 aliphatic rings. The fraction of sp³-hybridized carbons (Fsp3) is 0.353. The number of hydrogen-bond acceptors (Lipinski definition) is 4. The van der Waals surface area contributed by atoms with Crippen molar-refractivity contribution in [2.45, 2.75) is 20.8 Å². The van der Waals surface area contributed by atoms with Gasteiger partial charge in [-0.25, -0.2) is 0 Å². The minimum absolute atomic E-state index is 0.540. The number of thioether (sulfide) groups is 1. The van der Waals surface area contributed by atoms with Gasteiger partial charge in [-0.3, -0.25) is 4.99 Å². The Bertz CT molecular complexity index is 783. The van der Waals surface area contributed by atoms with Crippen LogP contribution in [0.25, 0.3) is 15.8 Å². The highest BCUT2D eigenvalue weighted by molar-refractivity contribution is 8.17. The first-order chi connectivity index (χ1) is 10.1. The number of aryl methyl sites for hydroxylation is 1. The number of allylic oxidation sites excluding steroid dienone is 1. The third-order valence-corrected chi connectivity index (χ3v) is 6.39. The summed E-state index contributed by atoms with van der Waals surface area (Å²) < 4.78 is 1.38. The summed E-state index contributed by atoms with van der Waals surface area (Å²) in [5.41, 5.74) is 2.72. The summed E-state index contributed by atoms with van der Waals surface area (Å²) in [6.45, 7) is 8.68. The third-order valence-electron chi connectivity index (χ3n) is 3.94. The largest absolute Gasteiger partial charge is 0.318 e. The van der Waals surface area contributed by atoms with E-state index in [9.17, 15) is 0 Å². The lowest BCUT2D eigenvalue weighted by Gasteiger charge is -2.18. The maximum atomic E-state index is 4.64. The molecule has 2 aliphatic heterocycles. The molecule has 0 unspecified atom stereocenters. The molecule has 0 bridgehead atoms. The summed E-state index contributed by atoms with van der Waals surface area (Å²) >= 11 is 3.73. The standard InChI is InChI=1S/C17H18N2S2/c1-10(2)16-15(19-7-6-18-17(19)21-16)12-4-5-14-13(9-12)8-11(3)20-14/h4-5,8-10H,6-7H2,1-3H3. The van der Waals surface area contributed by atoms with Crippen LogP contribution in [0.4, 0.5) is 0 Å². The average molecular weight is 314 g/mol. The second-order valence-corrected chi connectivity index (χ2v) is 8.19.